The monoisotopic (exact) mass is 753 g/mol. The van der Waals surface area contributed by atoms with E-state index in [4.69, 9.17) is 19.4 Å². The summed E-state index contributed by atoms with van der Waals surface area (Å²) in [5, 5.41) is 11.5. The summed E-state index contributed by atoms with van der Waals surface area (Å²) in [6, 6.07) is 66.1. The molecule has 0 N–H and O–H groups in total. The summed E-state index contributed by atoms with van der Waals surface area (Å²) in [7, 11) is 0. The number of para-hydroxylation sites is 4. The molecular formula is C53H31N5O. The molecule has 0 atom stereocenters. The normalized spacial score (nSPS) is 12.1. The van der Waals surface area contributed by atoms with Gasteiger partial charge in [-0.2, -0.15) is 9.97 Å². The van der Waals surface area contributed by atoms with Crippen molar-refractivity contribution in [2.75, 3.05) is 0 Å². The Morgan fingerprint density at radius 3 is 1.66 bits per heavy atom. The van der Waals surface area contributed by atoms with Gasteiger partial charge in [0.1, 0.15) is 11.2 Å². The van der Waals surface area contributed by atoms with Crippen LogP contribution in [0, 0.1) is 0 Å². The highest BCUT2D eigenvalue weighted by molar-refractivity contribution is 6.23. The molecule has 0 aliphatic carbocycles. The van der Waals surface area contributed by atoms with E-state index in [0.717, 1.165) is 82.4 Å². The van der Waals surface area contributed by atoms with Gasteiger partial charge in [-0.3, -0.25) is 4.57 Å². The molecule has 0 saturated heterocycles. The Labute approximate surface area is 336 Å². The third kappa shape index (κ3) is 4.65. The van der Waals surface area contributed by atoms with Gasteiger partial charge in [-0.25, -0.2) is 4.98 Å². The zero-order valence-corrected chi connectivity index (χ0v) is 31.5. The Kier molecular flexibility index (Phi) is 6.63. The van der Waals surface area contributed by atoms with Crippen LogP contribution in [0.2, 0.25) is 0 Å². The Hall–Kier alpha value is -8.09. The number of aromatic nitrogens is 5. The predicted octanol–water partition coefficient (Wildman–Crippen LogP) is 13.6. The molecule has 0 amide bonds. The van der Waals surface area contributed by atoms with Gasteiger partial charge < -0.3 is 8.98 Å². The third-order valence-electron chi connectivity index (χ3n) is 11.9. The molecular weight excluding hydrogens is 723 g/mol. The lowest BCUT2D eigenvalue weighted by Gasteiger charge is -2.13. The molecule has 4 aromatic heterocycles. The van der Waals surface area contributed by atoms with Crippen molar-refractivity contribution in [1.29, 1.82) is 0 Å². The number of benzene rings is 9. The van der Waals surface area contributed by atoms with E-state index in [1.165, 1.54) is 21.5 Å². The molecule has 0 spiro atoms. The Balaban J connectivity index is 1.09. The smallest absolute Gasteiger partial charge is 0.238 e. The number of hydrogen-bond donors (Lipinski definition) is 0. The summed E-state index contributed by atoms with van der Waals surface area (Å²) in [5.41, 5.74) is 8.67. The van der Waals surface area contributed by atoms with Gasteiger partial charge in [0.25, 0.3) is 0 Å². The standard InChI is InChI=1S/C53H31N5O/c1-2-15-32(16-3-1)51-54-52(56-53(55-51)58-44-27-12-8-19-35(44)36-20-9-13-28-45(36)58)41-25-14-24-40-49-39-23-7-6-21-37(39)47(31-48(49)59-50(40)41)57-43-26-11-10-22-38(43)42-29-33-17-4-5-18-34(33)30-46(42)57/h1-31H. The van der Waals surface area contributed by atoms with Gasteiger partial charge in [-0.05, 0) is 52.6 Å². The minimum atomic E-state index is 0.541. The summed E-state index contributed by atoms with van der Waals surface area (Å²) < 4.78 is 11.6. The first-order chi connectivity index (χ1) is 29.3. The number of fused-ring (bicyclic) bond motifs is 12. The lowest BCUT2D eigenvalue weighted by atomic mass is 10.0. The molecule has 274 valence electrons. The first kappa shape index (κ1) is 32.0. The third-order valence-corrected chi connectivity index (χ3v) is 11.9. The number of nitrogens with zero attached hydrogens (tertiary/aromatic N) is 5. The Morgan fingerprint density at radius 2 is 0.932 bits per heavy atom. The summed E-state index contributed by atoms with van der Waals surface area (Å²) >= 11 is 0. The summed E-state index contributed by atoms with van der Waals surface area (Å²) in [6.45, 7) is 0. The van der Waals surface area contributed by atoms with Gasteiger partial charge in [0, 0.05) is 49.3 Å². The van der Waals surface area contributed by atoms with Crippen LogP contribution in [0.25, 0.3) is 122 Å². The first-order valence-electron chi connectivity index (χ1n) is 19.9. The maximum atomic E-state index is 7.08. The van der Waals surface area contributed by atoms with Crippen LogP contribution in [0.5, 0.6) is 0 Å². The average molecular weight is 754 g/mol. The van der Waals surface area contributed by atoms with Crippen LogP contribution >= 0.6 is 0 Å². The number of furan rings is 1. The molecule has 6 nitrogen and oxygen atoms in total. The highest BCUT2D eigenvalue weighted by Crippen LogP contribution is 2.44. The summed E-state index contributed by atoms with van der Waals surface area (Å²) in [5.74, 6) is 1.68. The lowest BCUT2D eigenvalue weighted by molar-refractivity contribution is 0.669. The van der Waals surface area contributed by atoms with Crippen molar-refractivity contribution < 1.29 is 4.42 Å². The van der Waals surface area contributed by atoms with Gasteiger partial charge in [0.2, 0.25) is 5.95 Å². The highest BCUT2D eigenvalue weighted by atomic mass is 16.3. The zero-order valence-electron chi connectivity index (χ0n) is 31.5. The molecule has 0 unspecified atom stereocenters. The van der Waals surface area contributed by atoms with Crippen molar-refractivity contribution in [2.45, 2.75) is 0 Å². The molecule has 4 heterocycles. The topological polar surface area (TPSA) is 61.7 Å². The van der Waals surface area contributed by atoms with Crippen LogP contribution in [0.15, 0.2) is 192 Å². The molecule has 13 aromatic rings. The van der Waals surface area contributed by atoms with E-state index in [1.54, 1.807) is 0 Å². The summed E-state index contributed by atoms with van der Waals surface area (Å²) in [6.07, 6.45) is 0. The molecule has 13 rings (SSSR count). The van der Waals surface area contributed by atoms with Gasteiger partial charge >= 0.3 is 0 Å². The van der Waals surface area contributed by atoms with Crippen LogP contribution in [0.1, 0.15) is 0 Å². The quantitative estimate of drug-likeness (QED) is 0.180. The van der Waals surface area contributed by atoms with E-state index in [1.807, 2.05) is 30.3 Å². The maximum absolute atomic E-state index is 7.08. The van der Waals surface area contributed by atoms with Crippen molar-refractivity contribution in [1.82, 2.24) is 24.1 Å². The molecule has 9 aromatic carbocycles. The maximum Gasteiger partial charge on any atom is 0.238 e. The van der Waals surface area contributed by atoms with Crippen molar-refractivity contribution in [2.24, 2.45) is 0 Å². The van der Waals surface area contributed by atoms with Gasteiger partial charge in [-0.1, -0.05) is 146 Å². The zero-order chi connectivity index (χ0) is 38.6. The molecule has 0 bridgehead atoms. The average Bonchev–Trinajstić information content (AvgIpc) is 3.96. The van der Waals surface area contributed by atoms with Gasteiger partial charge in [0.05, 0.1) is 33.3 Å². The molecule has 59 heavy (non-hydrogen) atoms. The van der Waals surface area contributed by atoms with Gasteiger partial charge in [-0.15, -0.1) is 0 Å². The van der Waals surface area contributed by atoms with Crippen LogP contribution in [-0.4, -0.2) is 24.1 Å². The second-order valence-corrected chi connectivity index (χ2v) is 15.2. The molecule has 6 heteroatoms. The first-order valence-corrected chi connectivity index (χ1v) is 19.9. The van der Waals surface area contributed by atoms with E-state index in [9.17, 15) is 0 Å². The largest absolute Gasteiger partial charge is 0.455 e. The molecule has 0 radical (unpaired) electrons. The second kappa shape index (κ2) is 12.2. The number of hydrogen-bond acceptors (Lipinski definition) is 4. The Bertz CT molecular complexity index is 3800. The lowest BCUT2D eigenvalue weighted by Crippen LogP contribution is -2.06. The second-order valence-electron chi connectivity index (χ2n) is 15.2. The van der Waals surface area contributed by atoms with Crippen LogP contribution < -0.4 is 0 Å². The Morgan fingerprint density at radius 1 is 0.373 bits per heavy atom. The number of rotatable bonds is 4. The summed E-state index contributed by atoms with van der Waals surface area (Å²) in [4.78, 5) is 15.6. The van der Waals surface area contributed by atoms with Crippen molar-refractivity contribution >= 4 is 87.1 Å². The van der Waals surface area contributed by atoms with E-state index in [2.05, 4.69) is 167 Å². The van der Waals surface area contributed by atoms with E-state index in [-0.39, 0.29) is 0 Å². The molecule has 0 saturated carbocycles. The van der Waals surface area contributed by atoms with Gasteiger partial charge in [0.15, 0.2) is 11.6 Å². The van der Waals surface area contributed by atoms with E-state index < -0.39 is 0 Å². The van der Waals surface area contributed by atoms with E-state index in [0.29, 0.717) is 17.6 Å². The van der Waals surface area contributed by atoms with Crippen LogP contribution in [-0.2, 0) is 0 Å². The fraction of sp³-hybridized carbons (Fsp3) is 0. The van der Waals surface area contributed by atoms with Crippen molar-refractivity contribution in [3.8, 4) is 34.4 Å². The molecule has 0 fully saturated rings. The predicted molar refractivity (Wildman–Crippen MR) is 242 cm³/mol. The molecule has 0 aliphatic rings. The fourth-order valence-electron chi connectivity index (χ4n) is 9.36. The minimum Gasteiger partial charge on any atom is -0.455 e. The van der Waals surface area contributed by atoms with E-state index >= 15 is 0 Å². The highest BCUT2D eigenvalue weighted by Gasteiger charge is 2.23. The van der Waals surface area contributed by atoms with Crippen LogP contribution in [0.3, 0.4) is 0 Å². The minimum absolute atomic E-state index is 0.541. The van der Waals surface area contributed by atoms with Crippen molar-refractivity contribution in [3.63, 3.8) is 0 Å². The SMILES string of the molecule is c1ccc(-c2nc(-c3cccc4c3oc3cc(-n5c6ccccc6c6cc7ccccc7cc65)c5ccccc5c34)nc(-n3c4ccccc4c4ccccc43)n2)cc1. The fourth-order valence-corrected chi connectivity index (χ4v) is 9.36. The van der Waals surface area contributed by atoms with Crippen molar-refractivity contribution in [3.05, 3.63) is 188 Å². The molecule has 0 aliphatic heterocycles. The van der Waals surface area contributed by atoms with Crippen LogP contribution in [0.4, 0.5) is 0 Å².